The summed E-state index contributed by atoms with van der Waals surface area (Å²) in [4.78, 5) is 25.4. The van der Waals surface area contributed by atoms with Gasteiger partial charge in [0, 0.05) is 44.4 Å². The van der Waals surface area contributed by atoms with E-state index in [0.29, 0.717) is 12.3 Å². The monoisotopic (exact) mass is 341 g/mol. The Morgan fingerprint density at radius 1 is 1.20 bits per heavy atom. The average Bonchev–Trinajstić information content (AvgIpc) is 3.33. The third-order valence-electron chi connectivity index (χ3n) is 5.09. The molecule has 2 aliphatic heterocycles. The van der Waals surface area contributed by atoms with Crippen LogP contribution in [0.25, 0.3) is 11.3 Å². The summed E-state index contributed by atoms with van der Waals surface area (Å²) >= 11 is 0. The summed E-state index contributed by atoms with van der Waals surface area (Å²) in [5.74, 6) is 0.889. The van der Waals surface area contributed by atoms with E-state index in [4.69, 9.17) is 4.52 Å². The maximum atomic E-state index is 12.7. The molecule has 0 aromatic carbocycles. The Hall–Kier alpha value is -2.44. The number of hydrogen-bond donors (Lipinski definition) is 0. The first-order valence-electron chi connectivity index (χ1n) is 9.00. The minimum absolute atomic E-state index is 0.174. The first kappa shape index (κ1) is 16.1. The van der Waals surface area contributed by atoms with Gasteiger partial charge in [0.05, 0.1) is 17.0 Å². The number of nitrogens with zero attached hydrogens (tertiary/aromatic N) is 5. The molecule has 0 radical (unpaired) electrons. The second-order valence-electron chi connectivity index (χ2n) is 6.92. The molecule has 0 aliphatic carbocycles. The summed E-state index contributed by atoms with van der Waals surface area (Å²) in [5.41, 5.74) is 2.66. The summed E-state index contributed by atoms with van der Waals surface area (Å²) in [6.45, 7) is 5.19. The van der Waals surface area contributed by atoms with Crippen molar-refractivity contribution in [1.82, 2.24) is 24.9 Å². The Bertz CT molecular complexity index is 753. The Balaban J connectivity index is 1.56. The lowest BCUT2D eigenvalue weighted by atomic mass is 9.91. The maximum absolute atomic E-state index is 12.7. The van der Waals surface area contributed by atoms with E-state index in [0.717, 1.165) is 62.3 Å². The van der Waals surface area contributed by atoms with Crippen molar-refractivity contribution < 1.29 is 9.32 Å². The summed E-state index contributed by atoms with van der Waals surface area (Å²) in [5, 5.41) is 3.97. The number of hydrogen-bond acceptors (Lipinski definition) is 5. The predicted molar refractivity (Wildman–Crippen MR) is 92.0 cm³/mol. The number of piperidine rings is 1. The molecule has 0 saturated carbocycles. The Morgan fingerprint density at radius 3 is 2.76 bits per heavy atom. The zero-order valence-electron chi connectivity index (χ0n) is 14.5. The molecule has 132 valence electrons. The molecule has 7 nitrogen and oxygen atoms in total. The fourth-order valence-electron chi connectivity index (χ4n) is 3.83. The normalized spacial score (nSPS) is 20.9. The van der Waals surface area contributed by atoms with Gasteiger partial charge in [0.2, 0.25) is 0 Å². The first-order valence-corrected chi connectivity index (χ1v) is 9.00. The molecule has 2 saturated heterocycles. The van der Waals surface area contributed by atoms with Gasteiger partial charge in [0.1, 0.15) is 6.33 Å². The highest BCUT2D eigenvalue weighted by Crippen LogP contribution is 2.33. The van der Waals surface area contributed by atoms with Crippen molar-refractivity contribution in [1.29, 1.82) is 0 Å². The van der Waals surface area contributed by atoms with Crippen molar-refractivity contribution in [3.05, 3.63) is 30.0 Å². The van der Waals surface area contributed by atoms with Gasteiger partial charge in [-0.1, -0.05) is 5.16 Å². The van der Waals surface area contributed by atoms with Crippen LogP contribution in [-0.2, 0) is 0 Å². The van der Waals surface area contributed by atoms with Crippen LogP contribution in [0.1, 0.15) is 43.0 Å². The fraction of sp³-hybridized carbons (Fsp3) is 0.556. The molecule has 4 heterocycles. The van der Waals surface area contributed by atoms with Crippen molar-refractivity contribution in [2.45, 2.75) is 38.5 Å². The molecule has 2 aromatic rings. The van der Waals surface area contributed by atoms with Gasteiger partial charge < -0.3 is 14.3 Å². The third-order valence-corrected chi connectivity index (χ3v) is 5.09. The van der Waals surface area contributed by atoms with Gasteiger partial charge >= 0.3 is 6.03 Å². The molecular weight excluding hydrogens is 318 g/mol. The number of rotatable bonds is 2. The van der Waals surface area contributed by atoms with E-state index in [1.807, 2.05) is 22.8 Å². The lowest BCUT2D eigenvalue weighted by Gasteiger charge is -2.35. The molecule has 2 amide bonds. The second-order valence-corrected chi connectivity index (χ2v) is 6.92. The first-order chi connectivity index (χ1) is 12.2. The minimum atomic E-state index is 0.174. The van der Waals surface area contributed by atoms with E-state index in [2.05, 4.69) is 15.1 Å². The quantitative estimate of drug-likeness (QED) is 0.839. The molecular formula is C18H23N5O2. The van der Waals surface area contributed by atoms with Gasteiger partial charge in [-0.3, -0.25) is 0 Å². The van der Waals surface area contributed by atoms with E-state index in [9.17, 15) is 4.79 Å². The van der Waals surface area contributed by atoms with E-state index in [-0.39, 0.29) is 11.9 Å². The molecule has 4 rings (SSSR count). The summed E-state index contributed by atoms with van der Waals surface area (Å²) in [7, 11) is 0. The summed E-state index contributed by atoms with van der Waals surface area (Å²) in [6, 6.07) is 2.08. The largest absolute Gasteiger partial charge is 0.356 e. The summed E-state index contributed by atoms with van der Waals surface area (Å²) < 4.78 is 5.42. The highest BCUT2D eigenvalue weighted by atomic mass is 16.5. The Labute approximate surface area is 147 Å². The van der Waals surface area contributed by atoms with Gasteiger partial charge in [-0.05, 0) is 32.6 Å². The highest BCUT2D eigenvalue weighted by Gasteiger charge is 2.31. The standard InChI is InChI=1S/C18H23N5O2/c1-13-9-16(25-21-13)15-10-19-12-20-17(15)14-5-4-8-23(11-14)18(24)22-6-2-3-7-22/h9-10,12,14H,2-8,11H2,1H3/t14-/m1/s1. The van der Waals surface area contributed by atoms with Crippen molar-refractivity contribution in [3.63, 3.8) is 0 Å². The number of aryl methyl sites for hydroxylation is 1. The van der Waals surface area contributed by atoms with E-state index in [1.165, 1.54) is 0 Å². The van der Waals surface area contributed by atoms with Crippen LogP contribution in [0.3, 0.4) is 0 Å². The van der Waals surface area contributed by atoms with Crippen LogP contribution in [0.4, 0.5) is 4.79 Å². The molecule has 0 spiro atoms. The molecule has 2 fully saturated rings. The zero-order chi connectivity index (χ0) is 17.2. The zero-order valence-corrected chi connectivity index (χ0v) is 14.5. The number of carbonyl (C=O) groups excluding carboxylic acids is 1. The van der Waals surface area contributed by atoms with Gasteiger partial charge in [0.25, 0.3) is 0 Å². The maximum Gasteiger partial charge on any atom is 0.320 e. The minimum Gasteiger partial charge on any atom is -0.356 e. The lowest BCUT2D eigenvalue weighted by molar-refractivity contribution is 0.146. The van der Waals surface area contributed by atoms with E-state index >= 15 is 0 Å². The van der Waals surface area contributed by atoms with Crippen LogP contribution in [-0.4, -0.2) is 57.1 Å². The van der Waals surface area contributed by atoms with Gasteiger partial charge in [0.15, 0.2) is 5.76 Å². The van der Waals surface area contributed by atoms with Crippen LogP contribution < -0.4 is 0 Å². The molecule has 2 aliphatic rings. The van der Waals surface area contributed by atoms with Crippen molar-refractivity contribution in [2.24, 2.45) is 0 Å². The number of carbonyl (C=O) groups is 1. The van der Waals surface area contributed by atoms with Gasteiger partial charge in [-0.15, -0.1) is 0 Å². The van der Waals surface area contributed by atoms with E-state index < -0.39 is 0 Å². The molecule has 0 unspecified atom stereocenters. The van der Waals surface area contributed by atoms with Crippen molar-refractivity contribution in [2.75, 3.05) is 26.2 Å². The lowest BCUT2D eigenvalue weighted by Crippen LogP contribution is -2.46. The number of urea groups is 1. The van der Waals surface area contributed by atoms with Crippen LogP contribution in [0.15, 0.2) is 23.1 Å². The smallest absolute Gasteiger partial charge is 0.320 e. The second kappa shape index (κ2) is 6.82. The number of amides is 2. The molecule has 0 N–H and O–H groups in total. The van der Waals surface area contributed by atoms with Crippen LogP contribution >= 0.6 is 0 Å². The summed E-state index contributed by atoms with van der Waals surface area (Å²) in [6.07, 6.45) is 7.59. The third kappa shape index (κ3) is 3.23. The molecule has 2 aromatic heterocycles. The SMILES string of the molecule is Cc1cc(-c2cncnc2[C@@H]2CCCN(C(=O)N3CCCC3)C2)on1. The fourth-order valence-corrected chi connectivity index (χ4v) is 3.83. The number of aromatic nitrogens is 3. The van der Waals surface area contributed by atoms with Gasteiger partial charge in [-0.25, -0.2) is 14.8 Å². The molecule has 1 atom stereocenters. The molecule has 25 heavy (non-hydrogen) atoms. The van der Waals surface area contributed by atoms with Crippen LogP contribution in [0.2, 0.25) is 0 Å². The molecule has 7 heteroatoms. The Kier molecular flexibility index (Phi) is 4.38. The highest BCUT2D eigenvalue weighted by molar-refractivity contribution is 5.75. The van der Waals surface area contributed by atoms with Crippen molar-refractivity contribution in [3.8, 4) is 11.3 Å². The topological polar surface area (TPSA) is 75.4 Å². The van der Waals surface area contributed by atoms with Crippen molar-refractivity contribution >= 4 is 6.03 Å². The van der Waals surface area contributed by atoms with Crippen LogP contribution in [0, 0.1) is 6.92 Å². The Morgan fingerprint density at radius 2 is 2.00 bits per heavy atom. The van der Waals surface area contributed by atoms with Crippen LogP contribution in [0.5, 0.6) is 0 Å². The average molecular weight is 341 g/mol. The predicted octanol–water partition coefficient (Wildman–Crippen LogP) is 2.84. The number of likely N-dealkylation sites (tertiary alicyclic amines) is 2. The van der Waals surface area contributed by atoms with E-state index in [1.54, 1.807) is 12.5 Å². The van der Waals surface area contributed by atoms with Gasteiger partial charge in [-0.2, -0.15) is 0 Å². The molecule has 0 bridgehead atoms.